The van der Waals surface area contributed by atoms with Gasteiger partial charge in [0.2, 0.25) is 0 Å². The zero-order chi connectivity index (χ0) is 7.56. The van der Waals surface area contributed by atoms with E-state index in [9.17, 15) is 10.1 Å². The van der Waals surface area contributed by atoms with Gasteiger partial charge in [0.05, 0.1) is 10.5 Å². The average molecular weight is 222 g/mol. The van der Waals surface area contributed by atoms with Gasteiger partial charge in [0.25, 0.3) is 0 Å². The first-order valence-electron chi connectivity index (χ1n) is 2.52. The van der Waals surface area contributed by atoms with E-state index in [1.165, 1.54) is 0 Å². The highest BCUT2D eigenvalue weighted by Crippen LogP contribution is 2.26. The van der Waals surface area contributed by atoms with Crippen LogP contribution in [0.3, 0.4) is 0 Å². The average Bonchev–Trinajstić information content (AvgIpc) is 2.33. The molecule has 0 fully saturated rings. The molecule has 5 heteroatoms. The van der Waals surface area contributed by atoms with Crippen LogP contribution in [0.5, 0.6) is 0 Å². The maximum Gasteiger partial charge on any atom is 0.328 e. The number of hydrogen-bond donors (Lipinski definition) is 0. The predicted molar refractivity (Wildman–Crippen MR) is 43.6 cm³/mol. The van der Waals surface area contributed by atoms with E-state index in [0.29, 0.717) is 5.33 Å². The van der Waals surface area contributed by atoms with Crippen molar-refractivity contribution in [2.75, 3.05) is 0 Å². The van der Waals surface area contributed by atoms with Crippen molar-refractivity contribution >= 4 is 32.3 Å². The van der Waals surface area contributed by atoms with Crippen LogP contribution < -0.4 is 0 Å². The van der Waals surface area contributed by atoms with Crippen molar-refractivity contribution in [1.29, 1.82) is 0 Å². The molecule has 0 spiro atoms. The molecule has 0 atom stereocenters. The summed E-state index contributed by atoms with van der Waals surface area (Å²) < 4.78 is 0. The zero-order valence-electron chi connectivity index (χ0n) is 4.91. The van der Waals surface area contributed by atoms with Crippen LogP contribution in [0.2, 0.25) is 0 Å². The summed E-state index contributed by atoms with van der Waals surface area (Å²) in [5, 5.41) is 12.7. The smallest absolute Gasteiger partial charge is 0.258 e. The summed E-state index contributed by atoms with van der Waals surface area (Å²) in [7, 11) is 0. The van der Waals surface area contributed by atoms with Gasteiger partial charge in [0.15, 0.2) is 0 Å². The van der Waals surface area contributed by atoms with Crippen LogP contribution in [0, 0.1) is 10.1 Å². The quantitative estimate of drug-likeness (QED) is 0.438. The highest BCUT2D eigenvalue weighted by Gasteiger charge is 2.12. The maximum absolute atomic E-state index is 10.2. The standard InChI is InChI=1S/C5H4BrNO2S/c6-3-4-1-2-10-5(4)7(8)9/h1-2H,3H2. The molecule has 0 amide bonds. The van der Waals surface area contributed by atoms with E-state index in [2.05, 4.69) is 15.9 Å². The van der Waals surface area contributed by atoms with Crippen LogP contribution in [0.4, 0.5) is 5.00 Å². The number of hydrogen-bond acceptors (Lipinski definition) is 3. The lowest BCUT2D eigenvalue weighted by atomic mass is 10.4. The molecule has 1 aromatic rings. The van der Waals surface area contributed by atoms with Crippen LogP contribution in [-0.2, 0) is 5.33 Å². The van der Waals surface area contributed by atoms with Gasteiger partial charge in [-0.1, -0.05) is 27.3 Å². The first-order chi connectivity index (χ1) is 4.75. The molecule has 10 heavy (non-hydrogen) atoms. The van der Waals surface area contributed by atoms with Crippen molar-refractivity contribution in [2.45, 2.75) is 5.33 Å². The van der Waals surface area contributed by atoms with Crippen molar-refractivity contribution in [1.82, 2.24) is 0 Å². The van der Waals surface area contributed by atoms with Gasteiger partial charge in [-0.05, 0) is 11.4 Å². The van der Waals surface area contributed by atoms with Crippen molar-refractivity contribution in [3.8, 4) is 0 Å². The molecule has 0 aliphatic carbocycles. The second kappa shape index (κ2) is 3.12. The number of halogens is 1. The van der Waals surface area contributed by atoms with E-state index in [1.807, 2.05) is 0 Å². The molecule has 54 valence electrons. The van der Waals surface area contributed by atoms with E-state index in [0.717, 1.165) is 16.9 Å². The third-order valence-corrected chi connectivity index (χ3v) is 2.54. The molecule has 1 rings (SSSR count). The Balaban J connectivity index is 3.01. The van der Waals surface area contributed by atoms with Gasteiger partial charge in [-0.25, -0.2) is 0 Å². The Kier molecular flexibility index (Phi) is 2.39. The van der Waals surface area contributed by atoms with Crippen molar-refractivity contribution in [3.63, 3.8) is 0 Å². The maximum atomic E-state index is 10.2. The highest BCUT2D eigenvalue weighted by molar-refractivity contribution is 9.08. The van der Waals surface area contributed by atoms with E-state index in [4.69, 9.17) is 0 Å². The third-order valence-electron chi connectivity index (χ3n) is 1.03. The van der Waals surface area contributed by atoms with Crippen LogP contribution >= 0.6 is 27.3 Å². The lowest BCUT2D eigenvalue weighted by Gasteiger charge is -1.86. The molecule has 0 aliphatic rings. The van der Waals surface area contributed by atoms with Crippen molar-refractivity contribution in [2.24, 2.45) is 0 Å². The fraction of sp³-hybridized carbons (Fsp3) is 0.200. The minimum Gasteiger partial charge on any atom is -0.258 e. The number of nitrogens with zero attached hydrogens (tertiary/aromatic N) is 1. The molecule has 0 N–H and O–H groups in total. The molecule has 0 radical (unpaired) electrons. The van der Waals surface area contributed by atoms with Crippen LogP contribution in [0.1, 0.15) is 5.56 Å². The lowest BCUT2D eigenvalue weighted by Crippen LogP contribution is -1.86. The molecule has 0 bridgehead atoms. The van der Waals surface area contributed by atoms with Gasteiger partial charge < -0.3 is 0 Å². The Bertz CT molecular complexity index is 248. The topological polar surface area (TPSA) is 43.1 Å². The monoisotopic (exact) mass is 221 g/mol. The molecule has 0 unspecified atom stereocenters. The summed E-state index contributed by atoms with van der Waals surface area (Å²) >= 11 is 4.31. The largest absolute Gasteiger partial charge is 0.328 e. The van der Waals surface area contributed by atoms with Gasteiger partial charge in [-0.15, -0.1) is 0 Å². The number of rotatable bonds is 2. The Morgan fingerprint density at radius 2 is 2.50 bits per heavy atom. The van der Waals surface area contributed by atoms with E-state index >= 15 is 0 Å². The molecule has 1 aromatic heterocycles. The molecule has 0 saturated carbocycles. The van der Waals surface area contributed by atoms with Crippen LogP contribution in [0.15, 0.2) is 11.4 Å². The fourth-order valence-corrected chi connectivity index (χ4v) is 1.97. The molecule has 0 saturated heterocycles. The first-order valence-corrected chi connectivity index (χ1v) is 4.52. The molecular formula is C5H4BrNO2S. The van der Waals surface area contributed by atoms with E-state index < -0.39 is 0 Å². The van der Waals surface area contributed by atoms with Crippen molar-refractivity contribution in [3.05, 3.63) is 27.1 Å². The fourth-order valence-electron chi connectivity index (χ4n) is 0.590. The SMILES string of the molecule is O=[N+]([O-])c1sccc1CBr. The summed E-state index contributed by atoms with van der Waals surface area (Å²) in [4.78, 5) is 9.88. The number of alkyl halides is 1. The van der Waals surface area contributed by atoms with Crippen LogP contribution in [-0.4, -0.2) is 4.92 Å². The van der Waals surface area contributed by atoms with Gasteiger partial charge in [-0.3, -0.25) is 10.1 Å². The van der Waals surface area contributed by atoms with E-state index in [1.54, 1.807) is 11.4 Å². The molecule has 3 nitrogen and oxygen atoms in total. The molecule has 0 aliphatic heterocycles. The molecular weight excluding hydrogens is 218 g/mol. The van der Waals surface area contributed by atoms with E-state index in [-0.39, 0.29) is 9.92 Å². The Morgan fingerprint density at radius 1 is 1.80 bits per heavy atom. The predicted octanol–water partition coefficient (Wildman–Crippen LogP) is 2.55. The van der Waals surface area contributed by atoms with Gasteiger partial charge >= 0.3 is 5.00 Å². The first kappa shape index (κ1) is 7.68. The van der Waals surface area contributed by atoms with Gasteiger partial charge in [0, 0.05) is 5.33 Å². The van der Waals surface area contributed by atoms with Crippen LogP contribution in [0.25, 0.3) is 0 Å². The second-order valence-electron chi connectivity index (χ2n) is 1.64. The zero-order valence-corrected chi connectivity index (χ0v) is 7.31. The molecule has 1 heterocycles. The summed E-state index contributed by atoms with van der Waals surface area (Å²) in [5.41, 5.74) is 0.745. The Hall–Kier alpha value is -0.420. The molecule has 0 aromatic carbocycles. The normalized spacial score (nSPS) is 9.70. The lowest BCUT2D eigenvalue weighted by molar-refractivity contribution is -0.380. The number of nitro groups is 1. The highest BCUT2D eigenvalue weighted by atomic mass is 79.9. The summed E-state index contributed by atoms with van der Waals surface area (Å²) in [6.07, 6.45) is 0. The minimum atomic E-state index is -0.360. The van der Waals surface area contributed by atoms with Gasteiger partial charge in [-0.2, -0.15) is 0 Å². The Labute approximate surface area is 70.0 Å². The summed E-state index contributed by atoms with van der Waals surface area (Å²) in [6, 6.07) is 1.75. The van der Waals surface area contributed by atoms with Crippen molar-refractivity contribution < 1.29 is 4.92 Å². The third kappa shape index (κ3) is 1.35. The summed E-state index contributed by atoms with van der Waals surface area (Å²) in [6.45, 7) is 0. The summed E-state index contributed by atoms with van der Waals surface area (Å²) in [5.74, 6) is 0. The minimum absolute atomic E-state index is 0.233. The van der Waals surface area contributed by atoms with Gasteiger partial charge in [0.1, 0.15) is 0 Å². The Morgan fingerprint density at radius 3 is 2.90 bits per heavy atom. The second-order valence-corrected chi connectivity index (χ2v) is 3.10. The number of thiophene rings is 1.